The SMILES string of the molecule is COC(C)COC(=O)C(F)C(F)(F)F. The van der Waals surface area contributed by atoms with Crippen molar-refractivity contribution in [3.05, 3.63) is 0 Å². The Labute approximate surface area is 78.0 Å². The molecule has 84 valence electrons. The van der Waals surface area contributed by atoms with E-state index < -0.39 is 31.0 Å². The predicted molar refractivity (Wildman–Crippen MR) is 38.4 cm³/mol. The number of ether oxygens (including phenoxy) is 2. The summed E-state index contributed by atoms with van der Waals surface area (Å²) in [6.45, 7) is 1.06. The van der Waals surface area contributed by atoms with Gasteiger partial charge in [0.2, 0.25) is 0 Å². The number of methoxy groups -OCH3 is 1. The maximum Gasteiger partial charge on any atom is 0.430 e. The van der Waals surface area contributed by atoms with Gasteiger partial charge in [-0.1, -0.05) is 0 Å². The van der Waals surface area contributed by atoms with Crippen LogP contribution in [-0.2, 0) is 14.3 Å². The zero-order chi connectivity index (χ0) is 11.4. The minimum Gasteiger partial charge on any atom is -0.461 e. The van der Waals surface area contributed by atoms with E-state index in [2.05, 4.69) is 9.47 Å². The smallest absolute Gasteiger partial charge is 0.430 e. The molecule has 0 saturated heterocycles. The van der Waals surface area contributed by atoms with Gasteiger partial charge in [0, 0.05) is 7.11 Å². The zero-order valence-corrected chi connectivity index (χ0v) is 7.60. The van der Waals surface area contributed by atoms with Crippen molar-refractivity contribution in [1.82, 2.24) is 0 Å². The second kappa shape index (κ2) is 5.14. The molecule has 0 fully saturated rings. The van der Waals surface area contributed by atoms with Crippen LogP contribution >= 0.6 is 0 Å². The van der Waals surface area contributed by atoms with Crippen molar-refractivity contribution in [2.75, 3.05) is 13.7 Å². The molecule has 0 rings (SSSR count). The minimum atomic E-state index is -5.21. The van der Waals surface area contributed by atoms with Crippen LogP contribution in [0.5, 0.6) is 0 Å². The number of carbonyl (C=O) groups is 1. The van der Waals surface area contributed by atoms with Gasteiger partial charge in [-0.3, -0.25) is 0 Å². The fourth-order valence-electron chi connectivity index (χ4n) is 0.474. The van der Waals surface area contributed by atoms with E-state index in [0.29, 0.717) is 0 Å². The maximum atomic E-state index is 12.2. The van der Waals surface area contributed by atoms with Crippen molar-refractivity contribution in [3.63, 3.8) is 0 Å². The van der Waals surface area contributed by atoms with E-state index in [1.54, 1.807) is 0 Å². The van der Waals surface area contributed by atoms with Crippen molar-refractivity contribution in [3.8, 4) is 0 Å². The Hall–Kier alpha value is -0.850. The van der Waals surface area contributed by atoms with Gasteiger partial charge in [-0.05, 0) is 6.92 Å². The second-order valence-electron chi connectivity index (χ2n) is 2.58. The van der Waals surface area contributed by atoms with Gasteiger partial charge >= 0.3 is 12.1 Å². The van der Waals surface area contributed by atoms with Gasteiger partial charge < -0.3 is 9.47 Å². The Kier molecular flexibility index (Phi) is 4.82. The van der Waals surface area contributed by atoms with Crippen molar-refractivity contribution in [1.29, 1.82) is 0 Å². The summed E-state index contributed by atoms with van der Waals surface area (Å²) in [6.07, 6.45) is -9.38. The molecule has 0 aromatic heterocycles. The first-order valence-electron chi connectivity index (χ1n) is 3.69. The van der Waals surface area contributed by atoms with Crippen LogP contribution < -0.4 is 0 Å². The van der Waals surface area contributed by atoms with Crippen LogP contribution in [0.15, 0.2) is 0 Å². The summed E-state index contributed by atoms with van der Waals surface area (Å²) in [4.78, 5) is 10.4. The number of rotatable bonds is 4. The molecule has 0 heterocycles. The van der Waals surface area contributed by atoms with E-state index >= 15 is 0 Å². The second-order valence-corrected chi connectivity index (χ2v) is 2.58. The van der Waals surface area contributed by atoms with E-state index in [-0.39, 0.29) is 0 Å². The number of esters is 1. The summed E-state index contributed by atoms with van der Waals surface area (Å²) in [5.74, 6) is -1.94. The standard InChI is InChI=1S/C7H10F4O3/c1-4(13-2)3-14-6(12)5(8)7(9,10)11/h4-5H,3H2,1-2H3. The Bertz CT molecular complexity index is 192. The van der Waals surface area contributed by atoms with Crippen LogP contribution in [-0.4, -0.2) is 38.1 Å². The lowest BCUT2D eigenvalue weighted by Crippen LogP contribution is -2.35. The largest absolute Gasteiger partial charge is 0.461 e. The molecule has 0 N–H and O–H groups in total. The zero-order valence-electron chi connectivity index (χ0n) is 7.60. The molecule has 0 aromatic carbocycles. The highest BCUT2D eigenvalue weighted by Crippen LogP contribution is 2.23. The maximum absolute atomic E-state index is 12.2. The highest BCUT2D eigenvalue weighted by molar-refractivity contribution is 5.75. The molecule has 0 bridgehead atoms. The van der Waals surface area contributed by atoms with Crippen LogP contribution in [0.2, 0.25) is 0 Å². The Morgan fingerprint density at radius 2 is 1.93 bits per heavy atom. The van der Waals surface area contributed by atoms with Crippen molar-refractivity contribution in [2.24, 2.45) is 0 Å². The fourth-order valence-corrected chi connectivity index (χ4v) is 0.474. The third-order valence-electron chi connectivity index (χ3n) is 1.36. The molecule has 2 unspecified atom stereocenters. The van der Waals surface area contributed by atoms with Gasteiger partial charge in [-0.15, -0.1) is 0 Å². The summed E-state index contributed by atoms with van der Waals surface area (Å²) in [5.41, 5.74) is 0. The van der Waals surface area contributed by atoms with Crippen LogP contribution in [0.1, 0.15) is 6.92 Å². The highest BCUT2D eigenvalue weighted by Gasteiger charge is 2.46. The topological polar surface area (TPSA) is 35.5 Å². The van der Waals surface area contributed by atoms with Crippen molar-refractivity contribution in [2.45, 2.75) is 25.4 Å². The van der Waals surface area contributed by atoms with Gasteiger partial charge in [0.25, 0.3) is 6.17 Å². The number of halogens is 4. The molecule has 2 atom stereocenters. The highest BCUT2D eigenvalue weighted by atomic mass is 19.4. The normalized spacial score (nSPS) is 16.1. The molecular weight excluding hydrogens is 208 g/mol. The van der Waals surface area contributed by atoms with E-state index in [9.17, 15) is 22.4 Å². The number of alkyl halides is 4. The molecule has 0 saturated carbocycles. The van der Waals surface area contributed by atoms with Gasteiger partial charge in [0.05, 0.1) is 6.10 Å². The average molecular weight is 218 g/mol. The van der Waals surface area contributed by atoms with Crippen LogP contribution in [0.3, 0.4) is 0 Å². The lowest BCUT2D eigenvalue weighted by atomic mass is 10.4. The first-order chi connectivity index (χ1) is 6.29. The molecule has 3 nitrogen and oxygen atoms in total. The summed E-state index contributed by atoms with van der Waals surface area (Å²) < 4.78 is 55.6. The molecule has 7 heteroatoms. The third-order valence-corrected chi connectivity index (χ3v) is 1.36. The van der Waals surface area contributed by atoms with E-state index in [1.165, 1.54) is 14.0 Å². The van der Waals surface area contributed by atoms with Crippen molar-refractivity contribution >= 4 is 5.97 Å². The predicted octanol–water partition coefficient (Wildman–Crippen LogP) is 1.46. The Morgan fingerprint density at radius 1 is 1.43 bits per heavy atom. The molecule has 14 heavy (non-hydrogen) atoms. The minimum absolute atomic E-state index is 0.411. The number of carbonyl (C=O) groups excluding carboxylic acids is 1. The van der Waals surface area contributed by atoms with E-state index in [0.717, 1.165) is 0 Å². The van der Waals surface area contributed by atoms with Crippen LogP contribution in [0, 0.1) is 0 Å². The van der Waals surface area contributed by atoms with E-state index in [1.807, 2.05) is 0 Å². The van der Waals surface area contributed by atoms with Crippen LogP contribution in [0.4, 0.5) is 17.6 Å². The molecule has 0 aliphatic rings. The fraction of sp³-hybridized carbons (Fsp3) is 0.857. The molecule has 0 aliphatic carbocycles. The molecule has 0 spiro atoms. The summed E-state index contributed by atoms with van der Waals surface area (Å²) in [5, 5.41) is 0. The third kappa shape index (κ3) is 4.40. The van der Waals surface area contributed by atoms with Crippen LogP contribution in [0.25, 0.3) is 0 Å². The molecule has 0 radical (unpaired) electrons. The Morgan fingerprint density at radius 3 is 2.29 bits per heavy atom. The van der Waals surface area contributed by atoms with E-state index in [4.69, 9.17) is 0 Å². The average Bonchev–Trinajstić information content (AvgIpc) is 2.10. The quantitative estimate of drug-likeness (QED) is 0.529. The first-order valence-corrected chi connectivity index (χ1v) is 3.69. The first kappa shape index (κ1) is 13.2. The molecule has 0 amide bonds. The molecule has 0 aliphatic heterocycles. The number of hydrogen-bond acceptors (Lipinski definition) is 3. The monoisotopic (exact) mass is 218 g/mol. The Balaban J connectivity index is 3.97. The summed E-state index contributed by atoms with van der Waals surface area (Å²) in [6, 6.07) is 0. The molecule has 0 aromatic rings. The summed E-state index contributed by atoms with van der Waals surface area (Å²) in [7, 11) is 1.29. The lowest BCUT2D eigenvalue weighted by Gasteiger charge is -2.13. The molecular formula is C7H10F4O3. The van der Waals surface area contributed by atoms with Gasteiger partial charge in [0.1, 0.15) is 6.61 Å². The summed E-state index contributed by atoms with van der Waals surface area (Å²) >= 11 is 0. The number of hydrogen-bond donors (Lipinski definition) is 0. The lowest BCUT2D eigenvalue weighted by molar-refractivity contribution is -0.202. The van der Waals surface area contributed by atoms with Crippen molar-refractivity contribution < 1.29 is 31.8 Å². The van der Waals surface area contributed by atoms with Gasteiger partial charge in [-0.25, -0.2) is 9.18 Å². The van der Waals surface area contributed by atoms with Gasteiger partial charge in [0.15, 0.2) is 0 Å². The van der Waals surface area contributed by atoms with Gasteiger partial charge in [-0.2, -0.15) is 13.2 Å².